The fourth-order valence-corrected chi connectivity index (χ4v) is 4.39. The standard InChI is InChI=1S/C20H27N3O4/c1-2-21-19(25)14-7-5-8-15(10-14)22-18(24)12-23-16-9-4-3-6-13(16)11-17(23)20(26)27/h5,7-8,10,13,16-17H,2-4,6,9,11-12H2,1H3,(H,21,25)(H,22,24)(H,26,27). The van der Waals surface area contributed by atoms with Crippen LogP contribution in [0.15, 0.2) is 24.3 Å². The number of fused-ring (bicyclic) bond motifs is 1. The molecule has 0 aromatic heterocycles. The normalized spacial score (nSPS) is 24.9. The van der Waals surface area contributed by atoms with Crippen molar-refractivity contribution in [3.63, 3.8) is 0 Å². The van der Waals surface area contributed by atoms with E-state index in [4.69, 9.17) is 0 Å². The number of nitrogens with zero attached hydrogens (tertiary/aromatic N) is 1. The number of carbonyl (C=O) groups is 3. The third-order valence-electron chi connectivity index (χ3n) is 5.58. The number of rotatable bonds is 6. The van der Waals surface area contributed by atoms with Crippen LogP contribution in [0.3, 0.4) is 0 Å². The number of hydrogen-bond acceptors (Lipinski definition) is 4. The Bertz CT molecular complexity index is 721. The lowest BCUT2D eigenvalue weighted by Gasteiger charge is -2.32. The van der Waals surface area contributed by atoms with Gasteiger partial charge in [-0.05, 0) is 50.3 Å². The summed E-state index contributed by atoms with van der Waals surface area (Å²) in [5.74, 6) is -0.922. The van der Waals surface area contributed by atoms with Gasteiger partial charge in [0.05, 0.1) is 6.54 Å². The van der Waals surface area contributed by atoms with Gasteiger partial charge in [-0.1, -0.05) is 18.9 Å². The Balaban J connectivity index is 1.66. The maximum Gasteiger partial charge on any atom is 0.320 e. The fourth-order valence-electron chi connectivity index (χ4n) is 4.39. The Labute approximate surface area is 159 Å². The van der Waals surface area contributed by atoms with Crippen LogP contribution in [0.5, 0.6) is 0 Å². The van der Waals surface area contributed by atoms with Gasteiger partial charge in [-0.15, -0.1) is 0 Å². The van der Waals surface area contributed by atoms with E-state index < -0.39 is 12.0 Å². The Morgan fingerprint density at radius 2 is 2.00 bits per heavy atom. The average Bonchev–Trinajstić information content (AvgIpc) is 3.01. The second-order valence-corrected chi connectivity index (χ2v) is 7.36. The maximum absolute atomic E-state index is 12.6. The first-order valence-corrected chi connectivity index (χ1v) is 9.66. The molecule has 1 aliphatic carbocycles. The molecule has 2 fully saturated rings. The molecule has 0 radical (unpaired) electrons. The van der Waals surface area contributed by atoms with Crippen LogP contribution >= 0.6 is 0 Å². The molecule has 1 saturated carbocycles. The van der Waals surface area contributed by atoms with Gasteiger partial charge in [0, 0.05) is 23.8 Å². The third-order valence-corrected chi connectivity index (χ3v) is 5.58. The second-order valence-electron chi connectivity index (χ2n) is 7.36. The molecule has 0 bridgehead atoms. The van der Waals surface area contributed by atoms with Crippen molar-refractivity contribution in [3.8, 4) is 0 Å². The number of hydrogen-bond donors (Lipinski definition) is 3. The summed E-state index contributed by atoms with van der Waals surface area (Å²) in [6, 6.07) is 6.34. The molecule has 146 valence electrons. The minimum atomic E-state index is -0.851. The Morgan fingerprint density at radius 1 is 1.22 bits per heavy atom. The van der Waals surface area contributed by atoms with Gasteiger partial charge in [0.2, 0.25) is 5.91 Å². The molecule has 2 aliphatic rings. The van der Waals surface area contributed by atoms with Gasteiger partial charge in [0.1, 0.15) is 6.04 Å². The molecule has 3 N–H and O–H groups in total. The zero-order valence-electron chi connectivity index (χ0n) is 15.6. The monoisotopic (exact) mass is 373 g/mol. The molecule has 7 heteroatoms. The van der Waals surface area contributed by atoms with Crippen molar-refractivity contribution in [2.24, 2.45) is 5.92 Å². The lowest BCUT2D eigenvalue weighted by atomic mass is 9.85. The molecule has 3 rings (SSSR count). The molecular formula is C20H27N3O4. The summed E-state index contributed by atoms with van der Waals surface area (Å²) in [4.78, 5) is 38.0. The first kappa shape index (κ1) is 19.4. The second kappa shape index (κ2) is 8.52. The minimum absolute atomic E-state index is 0.0590. The van der Waals surface area contributed by atoms with Gasteiger partial charge in [-0.25, -0.2) is 0 Å². The van der Waals surface area contributed by atoms with Crippen molar-refractivity contribution in [2.45, 2.75) is 51.1 Å². The van der Waals surface area contributed by atoms with E-state index in [9.17, 15) is 19.5 Å². The SMILES string of the molecule is CCNC(=O)c1cccc(NC(=O)CN2C(C(=O)O)CC3CCCCC32)c1. The Hall–Kier alpha value is -2.41. The van der Waals surface area contributed by atoms with Crippen molar-refractivity contribution in [3.05, 3.63) is 29.8 Å². The summed E-state index contributed by atoms with van der Waals surface area (Å²) < 4.78 is 0. The average molecular weight is 373 g/mol. The predicted octanol–water partition coefficient (Wildman–Crippen LogP) is 2.09. The largest absolute Gasteiger partial charge is 0.480 e. The first-order chi connectivity index (χ1) is 13.0. The zero-order valence-corrected chi connectivity index (χ0v) is 15.6. The molecule has 1 heterocycles. The molecule has 2 amide bonds. The molecule has 27 heavy (non-hydrogen) atoms. The number of anilines is 1. The molecule has 1 aromatic rings. The van der Waals surface area contributed by atoms with Crippen molar-refractivity contribution < 1.29 is 19.5 Å². The van der Waals surface area contributed by atoms with Crippen LogP contribution in [-0.2, 0) is 9.59 Å². The number of benzene rings is 1. The predicted molar refractivity (Wildman–Crippen MR) is 102 cm³/mol. The lowest BCUT2D eigenvalue weighted by Crippen LogP contribution is -2.46. The lowest BCUT2D eigenvalue weighted by molar-refractivity contribution is -0.143. The number of nitrogens with one attached hydrogen (secondary N) is 2. The molecule has 7 nitrogen and oxygen atoms in total. The highest BCUT2D eigenvalue weighted by molar-refractivity contribution is 5.97. The smallest absolute Gasteiger partial charge is 0.320 e. The summed E-state index contributed by atoms with van der Waals surface area (Å²) in [5, 5.41) is 15.1. The molecule has 0 spiro atoms. The van der Waals surface area contributed by atoms with Crippen LogP contribution in [0.2, 0.25) is 0 Å². The molecule has 3 unspecified atom stereocenters. The van der Waals surface area contributed by atoms with E-state index in [1.165, 1.54) is 0 Å². The van der Waals surface area contributed by atoms with E-state index >= 15 is 0 Å². The van der Waals surface area contributed by atoms with Crippen LogP contribution in [0.4, 0.5) is 5.69 Å². The topological polar surface area (TPSA) is 98.7 Å². The summed E-state index contributed by atoms with van der Waals surface area (Å²) in [6.45, 7) is 2.43. The number of carbonyl (C=O) groups excluding carboxylic acids is 2. The van der Waals surface area contributed by atoms with Gasteiger partial charge in [-0.2, -0.15) is 0 Å². The number of carboxylic acids is 1. The van der Waals surface area contributed by atoms with Gasteiger partial charge in [-0.3, -0.25) is 19.3 Å². The zero-order chi connectivity index (χ0) is 19.4. The van der Waals surface area contributed by atoms with Crippen molar-refractivity contribution in [1.29, 1.82) is 0 Å². The van der Waals surface area contributed by atoms with E-state index in [0.29, 0.717) is 30.1 Å². The quantitative estimate of drug-likeness (QED) is 0.709. The molecule has 1 saturated heterocycles. The first-order valence-electron chi connectivity index (χ1n) is 9.66. The third kappa shape index (κ3) is 4.47. The molecule has 3 atom stereocenters. The molecular weight excluding hydrogens is 346 g/mol. The van der Waals surface area contributed by atoms with E-state index in [-0.39, 0.29) is 24.4 Å². The summed E-state index contributed by atoms with van der Waals surface area (Å²) in [7, 11) is 0. The van der Waals surface area contributed by atoms with E-state index in [0.717, 1.165) is 25.7 Å². The Morgan fingerprint density at radius 3 is 2.74 bits per heavy atom. The molecule has 1 aromatic carbocycles. The van der Waals surface area contributed by atoms with Crippen molar-refractivity contribution in [1.82, 2.24) is 10.2 Å². The van der Waals surface area contributed by atoms with E-state index in [1.807, 2.05) is 11.8 Å². The van der Waals surface area contributed by atoms with Crippen molar-refractivity contribution in [2.75, 3.05) is 18.4 Å². The van der Waals surface area contributed by atoms with Crippen LogP contribution in [-0.4, -0.2) is 53.0 Å². The number of likely N-dealkylation sites (tertiary alicyclic amines) is 1. The van der Waals surface area contributed by atoms with Gasteiger partial charge >= 0.3 is 5.97 Å². The van der Waals surface area contributed by atoms with E-state index in [2.05, 4.69) is 10.6 Å². The van der Waals surface area contributed by atoms with Crippen LogP contribution in [0, 0.1) is 5.92 Å². The van der Waals surface area contributed by atoms with Gasteiger partial charge in [0.15, 0.2) is 0 Å². The van der Waals surface area contributed by atoms with E-state index in [1.54, 1.807) is 24.3 Å². The highest BCUT2D eigenvalue weighted by Gasteiger charge is 2.45. The number of aliphatic carboxylic acids is 1. The van der Waals surface area contributed by atoms with Crippen LogP contribution in [0.1, 0.15) is 49.4 Å². The fraction of sp³-hybridized carbons (Fsp3) is 0.550. The number of carboxylic acid groups (broad SMARTS) is 1. The minimum Gasteiger partial charge on any atom is -0.480 e. The summed E-state index contributed by atoms with van der Waals surface area (Å²) >= 11 is 0. The Kier molecular flexibility index (Phi) is 6.11. The summed E-state index contributed by atoms with van der Waals surface area (Å²) in [6.07, 6.45) is 4.84. The van der Waals surface area contributed by atoms with Crippen molar-refractivity contribution >= 4 is 23.5 Å². The summed E-state index contributed by atoms with van der Waals surface area (Å²) in [5.41, 5.74) is 1.02. The van der Waals surface area contributed by atoms with Crippen LogP contribution in [0.25, 0.3) is 0 Å². The van der Waals surface area contributed by atoms with Gasteiger partial charge in [0.25, 0.3) is 5.91 Å². The number of amides is 2. The highest BCUT2D eigenvalue weighted by Crippen LogP contribution is 2.39. The maximum atomic E-state index is 12.6. The van der Waals surface area contributed by atoms with Gasteiger partial charge < -0.3 is 15.7 Å². The van der Waals surface area contributed by atoms with Crippen LogP contribution < -0.4 is 10.6 Å². The highest BCUT2D eigenvalue weighted by atomic mass is 16.4. The molecule has 1 aliphatic heterocycles.